The Bertz CT molecular complexity index is 1440. The van der Waals surface area contributed by atoms with E-state index in [2.05, 4.69) is 26.3 Å². The van der Waals surface area contributed by atoms with Crippen molar-refractivity contribution in [2.45, 2.75) is 25.6 Å². The first-order chi connectivity index (χ1) is 18.2. The first-order valence-corrected chi connectivity index (χ1v) is 12.1. The third kappa shape index (κ3) is 4.72. The van der Waals surface area contributed by atoms with Crippen LogP contribution in [-0.4, -0.2) is 17.4 Å². The van der Waals surface area contributed by atoms with Crippen LogP contribution in [0.2, 0.25) is 0 Å². The van der Waals surface area contributed by atoms with Gasteiger partial charge in [0.2, 0.25) is 6.29 Å². The summed E-state index contributed by atoms with van der Waals surface area (Å²) in [5, 5.41) is 10.1. The molecular weight excluding hydrogens is 476 g/mol. The lowest BCUT2D eigenvalue weighted by Crippen LogP contribution is -2.35. The monoisotopic (exact) mass is 506 g/mol. The highest BCUT2D eigenvalue weighted by molar-refractivity contribution is 5.88. The number of hydrogen-bond donors (Lipinski definition) is 1. The number of benzene rings is 3. The van der Waals surface area contributed by atoms with Gasteiger partial charge in [0.25, 0.3) is 0 Å². The smallest absolute Gasteiger partial charge is 0.338 e. The summed E-state index contributed by atoms with van der Waals surface area (Å²) in [5.74, 6) is 1.67. The molecule has 3 aromatic carbocycles. The topological polar surface area (TPSA) is 65.0 Å². The van der Waals surface area contributed by atoms with Gasteiger partial charge in [0.15, 0.2) is 0 Å². The van der Waals surface area contributed by atoms with Crippen LogP contribution in [0.25, 0.3) is 0 Å². The zero-order valence-corrected chi connectivity index (χ0v) is 21.6. The molecule has 0 saturated heterocycles. The normalized spacial score (nSPS) is 16.9. The number of hydrogen-bond acceptors (Lipinski definition) is 5. The molecule has 192 valence electrons. The summed E-state index contributed by atoms with van der Waals surface area (Å²) >= 11 is 0. The van der Waals surface area contributed by atoms with E-state index in [4.69, 9.17) is 14.2 Å². The second-order valence-corrected chi connectivity index (χ2v) is 9.07. The van der Waals surface area contributed by atoms with Crippen molar-refractivity contribution < 1.29 is 24.1 Å². The van der Waals surface area contributed by atoms with Crippen molar-refractivity contribution in [1.29, 1.82) is 0 Å². The van der Waals surface area contributed by atoms with Crippen molar-refractivity contribution >= 4 is 5.97 Å². The van der Waals surface area contributed by atoms with E-state index in [-0.39, 0.29) is 0 Å². The Labute approximate surface area is 223 Å². The zero-order chi connectivity index (χ0) is 27.4. The van der Waals surface area contributed by atoms with Crippen LogP contribution in [-0.2, 0) is 10.2 Å². The Hall–Kier alpha value is -4.61. The number of esters is 1. The number of ether oxygens (including phenoxy) is 3. The molecule has 1 heterocycles. The number of allylic oxidation sites excluding steroid dienone is 3. The van der Waals surface area contributed by atoms with Gasteiger partial charge in [-0.2, -0.15) is 0 Å². The van der Waals surface area contributed by atoms with Gasteiger partial charge in [0, 0.05) is 16.7 Å². The number of fused-ring (bicyclic) bond motifs is 1. The van der Waals surface area contributed by atoms with E-state index in [1.165, 1.54) is 0 Å². The molecule has 4 rings (SSSR count). The summed E-state index contributed by atoms with van der Waals surface area (Å²) in [7, 11) is 0. The molecule has 38 heavy (non-hydrogen) atoms. The van der Waals surface area contributed by atoms with Gasteiger partial charge < -0.3 is 19.3 Å². The van der Waals surface area contributed by atoms with E-state index in [1.807, 2.05) is 48.5 Å². The summed E-state index contributed by atoms with van der Waals surface area (Å²) < 4.78 is 17.3. The molecule has 0 bridgehead atoms. The van der Waals surface area contributed by atoms with Gasteiger partial charge >= 0.3 is 5.97 Å². The lowest BCUT2D eigenvalue weighted by atomic mass is 9.63. The fourth-order valence-corrected chi connectivity index (χ4v) is 4.54. The first-order valence-electron chi connectivity index (χ1n) is 12.1. The first kappa shape index (κ1) is 26.5. The Morgan fingerprint density at radius 3 is 2.00 bits per heavy atom. The standard InChI is InChI=1S/C33H30O5/c1-7-27-29(8-2)38-30-12-10-9-11-28(30)33(27,23-13-17-25(18-14-23)36-31(34)21(3)4)24-15-19-26(20-16-24)37-32(35)22(5)6/h7-20,31,34H,1-3,5H2,4,6H3. The molecule has 0 aromatic heterocycles. The lowest BCUT2D eigenvalue weighted by Gasteiger charge is -2.42. The Morgan fingerprint density at radius 2 is 1.47 bits per heavy atom. The molecule has 0 radical (unpaired) electrons. The molecule has 0 amide bonds. The predicted octanol–water partition coefficient (Wildman–Crippen LogP) is 6.79. The van der Waals surface area contributed by atoms with E-state index >= 15 is 0 Å². The zero-order valence-electron chi connectivity index (χ0n) is 21.6. The van der Waals surface area contributed by atoms with Crippen LogP contribution in [0.4, 0.5) is 0 Å². The number of carbonyl (C=O) groups excluding carboxylic acids is 1. The van der Waals surface area contributed by atoms with Crippen molar-refractivity contribution in [3.05, 3.63) is 150 Å². The third-order valence-corrected chi connectivity index (χ3v) is 6.37. The van der Waals surface area contributed by atoms with Gasteiger partial charge in [-0.05, 0) is 67.0 Å². The summed E-state index contributed by atoms with van der Waals surface area (Å²) in [6.07, 6.45) is 2.34. The van der Waals surface area contributed by atoms with Gasteiger partial charge in [-0.25, -0.2) is 4.79 Å². The maximum absolute atomic E-state index is 12.1. The van der Waals surface area contributed by atoms with E-state index in [0.29, 0.717) is 34.2 Å². The fourth-order valence-electron chi connectivity index (χ4n) is 4.54. The molecule has 0 spiro atoms. The molecule has 2 unspecified atom stereocenters. The van der Waals surface area contributed by atoms with Crippen molar-refractivity contribution in [2.24, 2.45) is 0 Å². The molecule has 0 fully saturated rings. The fraction of sp³-hybridized carbons (Fsp3) is 0.121. The van der Waals surface area contributed by atoms with Crippen LogP contribution in [0.3, 0.4) is 0 Å². The van der Waals surface area contributed by atoms with E-state index in [9.17, 15) is 9.90 Å². The molecule has 5 heteroatoms. The lowest BCUT2D eigenvalue weighted by molar-refractivity contribution is -0.130. The van der Waals surface area contributed by atoms with Gasteiger partial charge in [-0.15, -0.1) is 0 Å². The molecule has 5 nitrogen and oxygen atoms in total. The maximum atomic E-state index is 12.1. The van der Waals surface area contributed by atoms with Crippen LogP contribution in [0.15, 0.2) is 134 Å². The highest BCUT2D eigenvalue weighted by atomic mass is 16.6. The van der Waals surface area contributed by atoms with E-state index in [0.717, 1.165) is 22.3 Å². The van der Waals surface area contributed by atoms with Gasteiger partial charge in [0.1, 0.15) is 23.0 Å². The number of para-hydroxylation sites is 1. The third-order valence-electron chi connectivity index (χ3n) is 6.37. The summed E-state index contributed by atoms with van der Waals surface area (Å²) in [6.45, 7) is 18.8. The van der Waals surface area contributed by atoms with Gasteiger partial charge in [0.05, 0.1) is 5.41 Å². The summed E-state index contributed by atoms with van der Waals surface area (Å²) in [6, 6.07) is 22.7. The molecule has 3 aromatic rings. The number of carbonyl (C=O) groups is 1. The van der Waals surface area contributed by atoms with Gasteiger partial charge in [-0.3, -0.25) is 0 Å². The summed E-state index contributed by atoms with van der Waals surface area (Å²) in [4.78, 5) is 12.1. The SMILES string of the molecule is C=CC1=C(C=C)C(c2ccc(OC(=O)C(=C)C)cc2)(c2ccc(OC(O)C(=C)C)cc2)c2ccccc2O1. The minimum Gasteiger partial charge on any atom is -0.461 e. The van der Waals surface area contributed by atoms with Crippen LogP contribution >= 0.6 is 0 Å². The van der Waals surface area contributed by atoms with Crippen LogP contribution in [0.5, 0.6) is 17.2 Å². The summed E-state index contributed by atoms with van der Waals surface area (Å²) in [5.41, 5.74) is 3.48. The highest BCUT2D eigenvalue weighted by Gasteiger charge is 2.45. The van der Waals surface area contributed by atoms with E-state index in [1.54, 1.807) is 50.3 Å². The number of aliphatic hydroxyl groups is 1. The Balaban J connectivity index is 1.95. The van der Waals surface area contributed by atoms with Crippen molar-refractivity contribution in [3.8, 4) is 17.2 Å². The minimum absolute atomic E-state index is 0.315. The molecule has 1 aliphatic heterocycles. The van der Waals surface area contributed by atoms with Crippen molar-refractivity contribution in [2.75, 3.05) is 0 Å². The average Bonchev–Trinajstić information content (AvgIpc) is 2.92. The molecule has 1 aliphatic rings. The minimum atomic E-state index is -1.11. The van der Waals surface area contributed by atoms with E-state index < -0.39 is 17.7 Å². The molecule has 0 aliphatic carbocycles. The second kappa shape index (κ2) is 10.8. The quantitative estimate of drug-likeness (QED) is 0.114. The van der Waals surface area contributed by atoms with Crippen LogP contribution in [0, 0.1) is 0 Å². The predicted molar refractivity (Wildman–Crippen MR) is 149 cm³/mol. The van der Waals surface area contributed by atoms with Gasteiger partial charge in [-0.1, -0.05) is 74.9 Å². The molecular formula is C33H30O5. The number of rotatable bonds is 9. The maximum Gasteiger partial charge on any atom is 0.338 e. The molecule has 2 atom stereocenters. The van der Waals surface area contributed by atoms with Crippen LogP contribution < -0.4 is 14.2 Å². The van der Waals surface area contributed by atoms with Crippen molar-refractivity contribution in [3.63, 3.8) is 0 Å². The Kier molecular flexibility index (Phi) is 7.51. The van der Waals surface area contributed by atoms with Crippen molar-refractivity contribution in [1.82, 2.24) is 0 Å². The highest BCUT2D eigenvalue weighted by Crippen LogP contribution is 2.53. The molecule has 1 N–H and O–H groups in total. The second-order valence-electron chi connectivity index (χ2n) is 9.07. The van der Waals surface area contributed by atoms with Crippen LogP contribution in [0.1, 0.15) is 30.5 Å². The Morgan fingerprint density at radius 1 is 0.895 bits per heavy atom. The largest absolute Gasteiger partial charge is 0.461 e. The number of aliphatic hydroxyl groups excluding tert-OH is 1. The molecule has 0 saturated carbocycles. The average molecular weight is 507 g/mol.